The highest BCUT2D eigenvalue weighted by Gasteiger charge is 2.28. The molecule has 1 amide bonds. The van der Waals surface area contributed by atoms with Gasteiger partial charge in [-0.15, -0.1) is 0 Å². The van der Waals surface area contributed by atoms with Gasteiger partial charge in [-0.2, -0.15) is 0 Å². The molecular formula is C19H35N3O4. The van der Waals surface area contributed by atoms with E-state index in [1.165, 1.54) is 0 Å². The van der Waals surface area contributed by atoms with Crippen molar-refractivity contribution in [3.8, 4) is 0 Å². The third-order valence-corrected chi connectivity index (χ3v) is 5.31. The van der Waals surface area contributed by atoms with Crippen molar-refractivity contribution in [3.63, 3.8) is 0 Å². The van der Waals surface area contributed by atoms with Crippen LogP contribution in [-0.2, 0) is 9.53 Å². The second-order valence-corrected chi connectivity index (χ2v) is 8.71. The molecule has 2 rings (SSSR count). The average Bonchev–Trinajstić information content (AvgIpc) is 2.54. The van der Waals surface area contributed by atoms with Crippen molar-refractivity contribution in [2.75, 3.05) is 45.8 Å². The summed E-state index contributed by atoms with van der Waals surface area (Å²) in [6.07, 6.45) is 3.02. The first-order valence-electron chi connectivity index (χ1n) is 9.80. The molecule has 1 atom stereocenters. The number of carboxylic acids is 1. The van der Waals surface area contributed by atoms with E-state index in [9.17, 15) is 9.59 Å². The summed E-state index contributed by atoms with van der Waals surface area (Å²) in [5.74, 6) is -0.0944. The Morgan fingerprint density at radius 2 is 1.77 bits per heavy atom. The zero-order chi connectivity index (χ0) is 19.3. The highest BCUT2D eigenvalue weighted by Crippen LogP contribution is 2.23. The number of likely N-dealkylation sites (tertiary alicyclic amines) is 1. The lowest BCUT2D eigenvalue weighted by molar-refractivity contribution is -0.139. The lowest BCUT2D eigenvalue weighted by Gasteiger charge is -2.40. The summed E-state index contributed by atoms with van der Waals surface area (Å²) >= 11 is 0. The van der Waals surface area contributed by atoms with Crippen LogP contribution in [0.5, 0.6) is 0 Å². The van der Waals surface area contributed by atoms with Gasteiger partial charge >= 0.3 is 12.1 Å². The number of amides is 1. The normalized spacial score (nSPS) is 23.8. The van der Waals surface area contributed by atoms with E-state index < -0.39 is 11.6 Å². The minimum absolute atomic E-state index is 0.137. The van der Waals surface area contributed by atoms with Crippen LogP contribution < -0.4 is 0 Å². The van der Waals surface area contributed by atoms with Crippen LogP contribution in [0.1, 0.15) is 47.0 Å². The molecule has 1 N–H and O–H groups in total. The number of ether oxygens (including phenoxy) is 1. The molecule has 26 heavy (non-hydrogen) atoms. The van der Waals surface area contributed by atoms with Crippen LogP contribution in [-0.4, -0.2) is 89.3 Å². The van der Waals surface area contributed by atoms with Gasteiger partial charge in [-0.1, -0.05) is 0 Å². The maximum absolute atomic E-state index is 12.1. The van der Waals surface area contributed by atoms with Crippen molar-refractivity contribution in [2.24, 2.45) is 5.92 Å². The van der Waals surface area contributed by atoms with E-state index in [0.29, 0.717) is 5.92 Å². The summed E-state index contributed by atoms with van der Waals surface area (Å²) in [5, 5.41) is 8.95. The fraction of sp³-hybridized carbons (Fsp3) is 0.895. The molecule has 0 aromatic carbocycles. The van der Waals surface area contributed by atoms with E-state index in [4.69, 9.17) is 9.84 Å². The maximum Gasteiger partial charge on any atom is 0.410 e. The summed E-state index contributed by atoms with van der Waals surface area (Å²) in [6, 6.07) is 0.286. The summed E-state index contributed by atoms with van der Waals surface area (Å²) in [4.78, 5) is 29.3. The molecule has 0 spiro atoms. The number of hydrogen-bond donors (Lipinski definition) is 1. The molecule has 2 fully saturated rings. The summed E-state index contributed by atoms with van der Waals surface area (Å²) in [7, 11) is 0. The van der Waals surface area contributed by atoms with Gasteiger partial charge < -0.3 is 19.6 Å². The number of nitrogens with zero attached hydrogens (tertiary/aromatic N) is 3. The minimum atomic E-state index is -0.748. The van der Waals surface area contributed by atoms with Gasteiger partial charge in [0.25, 0.3) is 0 Å². The van der Waals surface area contributed by atoms with Crippen molar-refractivity contribution < 1.29 is 19.4 Å². The van der Waals surface area contributed by atoms with Crippen molar-refractivity contribution in [2.45, 2.75) is 58.6 Å². The number of carbonyl (C=O) groups is 2. The molecule has 0 aliphatic carbocycles. The molecule has 2 aliphatic heterocycles. The summed E-state index contributed by atoms with van der Waals surface area (Å²) in [6.45, 7) is 13.3. The van der Waals surface area contributed by atoms with Crippen LogP contribution >= 0.6 is 0 Å². The third kappa shape index (κ3) is 6.76. The Hall–Kier alpha value is -1.34. The fourth-order valence-electron chi connectivity index (χ4n) is 3.78. The van der Waals surface area contributed by atoms with Crippen LogP contribution in [0.2, 0.25) is 0 Å². The van der Waals surface area contributed by atoms with E-state index in [1.807, 2.05) is 30.6 Å². The highest BCUT2D eigenvalue weighted by atomic mass is 16.6. The molecule has 0 radical (unpaired) electrons. The first kappa shape index (κ1) is 21.0. The molecule has 0 unspecified atom stereocenters. The predicted octanol–water partition coefficient (Wildman–Crippen LogP) is 2.11. The van der Waals surface area contributed by atoms with Gasteiger partial charge in [-0.05, 0) is 59.4 Å². The molecule has 0 bridgehead atoms. The Labute approximate surface area is 157 Å². The lowest BCUT2D eigenvalue weighted by atomic mass is 9.93. The third-order valence-electron chi connectivity index (χ3n) is 5.31. The van der Waals surface area contributed by atoms with Crippen LogP contribution in [0.4, 0.5) is 4.79 Å². The van der Waals surface area contributed by atoms with Gasteiger partial charge in [0.05, 0.1) is 6.54 Å². The van der Waals surface area contributed by atoms with Crippen molar-refractivity contribution >= 4 is 12.1 Å². The number of piperidine rings is 1. The van der Waals surface area contributed by atoms with Crippen molar-refractivity contribution in [1.82, 2.24) is 14.7 Å². The monoisotopic (exact) mass is 369 g/mol. The molecule has 7 nitrogen and oxygen atoms in total. The summed E-state index contributed by atoms with van der Waals surface area (Å²) in [5.41, 5.74) is -0.437. The summed E-state index contributed by atoms with van der Waals surface area (Å²) < 4.78 is 5.45. The first-order valence-corrected chi connectivity index (χ1v) is 9.80. The molecule has 2 aliphatic rings. The van der Waals surface area contributed by atoms with Crippen LogP contribution in [0.15, 0.2) is 0 Å². The van der Waals surface area contributed by atoms with Crippen molar-refractivity contribution in [3.05, 3.63) is 0 Å². The molecule has 7 heteroatoms. The van der Waals surface area contributed by atoms with E-state index in [2.05, 4.69) is 11.8 Å². The number of rotatable bonds is 5. The van der Waals surface area contributed by atoms with Gasteiger partial charge in [-0.3, -0.25) is 9.69 Å². The average molecular weight is 370 g/mol. The molecule has 150 valence electrons. The molecule has 0 saturated carbocycles. The van der Waals surface area contributed by atoms with Crippen LogP contribution in [0.25, 0.3) is 0 Å². The van der Waals surface area contributed by atoms with E-state index in [0.717, 1.165) is 58.5 Å². The van der Waals surface area contributed by atoms with E-state index in [-0.39, 0.29) is 18.7 Å². The fourth-order valence-corrected chi connectivity index (χ4v) is 3.78. The van der Waals surface area contributed by atoms with Gasteiger partial charge in [0.1, 0.15) is 5.60 Å². The topological polar surface area (TPSA) is 73.3 Å². The highest BCUT2D eigenvalue weighted by molar-refractivity contribution is 5.69. The number of carbonyl (C=O) groups excluding carboxylic acids is 1. The first-order chi connectivity index (χ1) is 12.1. The number of aliphatic carboxylic acids is 1. The second-order valence-electron chi connectivity index (χ2n) is 8.71. The Morgan fingerprint density at radius 1 is 1.12 bits per heavy atom. The maximum atomic E-state index is 12.1. The predicted molar refractivity (Wildman–Crippen MR) is 100 cm³/mol. The zero-order valence-electron chi connectivity index (χ0n) is 16.7. The smallest absolute Gasteiger partial charge is 0.410 e. The zero-order valence-corrected chi connectivity index (χ0v) is 16.7. The molecule has 0 aromatic rings. The standard InChI is InChI=1S/C19H35N3O4/c1-15-13-20(11-12-22(15)14-17(23)24)8-5-16-6-9-21(10-7-16)18(25)26-19(2,3)4/h15-16H,5-14H2,1-4H3,(H,23,24)/t15-/m0/s1. The molecule has 2 saturated heterocycles. The Balaban J connectivity index is 1.66. The van der Waals surface area contributed by atoms with E-state index >= 15 is 0 Å². The quantitative estimate of drug-likeness (QED) is 0.800. The Bertz CT molecular complexity index is 484. The molecule has 0 aromatic heterocycles. The lowest BCUT2D eigenvalue weighted by Crippen LogP contribution is -2.53. The van der Waals surface area contributed by atoms with Gasteiger partial charge in [0, 0.05) is 38.8 Å². The minimum Gasteiger partial charge on any atom is -0.480 e. The number of carboxylic acid groups (broad SMARTS) is 1. The number of piperazine rings is 1. The van der Waals surface area contributed by atoms with Crippen molar-refractivity contribution in [1.29, 1.82) is 0 Å². The largest absolute Gasteiger partial charge is 0.480 e. The molecule has 2 heterocycles. The Morgan fingerprint density at radius 3 is 2.31 bits per heavy atom. The van der Waals surface area contributed by atoms with Crippen LogP contribution in [0, 0.1) is 5.92 Å². The molecular weight excluding hydrogens is 334 g/mol. The van der Waals surface area contributed by atoms with Gasteiger partial charge in [0.2, 0.25) is 0 Å². The van der Waals surface area contributed by atoms with Gasteiger partial charge in [-0.25, -0.2) is 4.79 Å². The number of hydrogen-bond acceptors (Lipinski definition) is 5. The van der Waals surface area contributed by atoms with E-state index in [1.54, 1.807) is 0 Å². The van der Waals surface area contributed by atoms with Gasteiger partial charge in [0.15, 0.2) is 0 Å². The second kappa shape index (κ2) is 9.04. The SMILES string of the molecule is C[C@H]1CN(CCC2CCN(C(=O)OC(C)(C)C)CC2)CCN1CC(=O)O. The van der Waals surface area contributed by atoms with Crippen LogP contribution in [0.3, 0.4) is 0 Å². The Kier molecular flexibility index (Phi) is 7.29.